The topological polar surface area (TPSA) is 69.6 Å². The average Bonchev–Trinajstić information content (AvgIpc) is 2.61. The maximum atomic E-state index is 13.0. The molecule has 2 N–H and O–H groups in total. The predicted molar refractivity (Wildman–Crippen MR) is 101 cm³/mol. The summed E-state index contributed by atoms with van der Waals surface area (Å²) >= 11 is 10.8. The molecule has 144 valence electrons. The molecule has 3 rings (SSSR count). The zero-order valence-electron chi connectivity index (χ0n) is 13.7. The van der Waals surface area contributed by atoms with Crippen molar-refractivity contribution in [2.45, 2.75) is 6.18 Å². The number of anilines is 1. The second-order valence-electron chi connectivity index (χ2n) is 5.72. The first-order chi connectivity index (χ1) is 13.1. The zero-order valence-corrected chi connectivity index (χ0v) is 15.3. The second kappa shape index (κ2) is 7.25. The van der Waals surface area contributed by atoms with E-state index in [0.717, 1.165) is 23.1 Å². The molecule has 0 saturated carbocycles. The van der Waals surface area contributed by atoms with Crippen LogP contribution in [0.15, 0.2) is 48.0 Å². The molecule has 28 heavy (non-hydrogen) atoms. The van der Waals surface area contributed by atoms with Gasteiger partial charge in [0.25, 0.3) is 11.8 Å². The van der Waals surface area contributed by atoms with E-state index in [9.17, 15) is 27.9 Å². The van der Waals surface area contributed by atoms with Gasteiger partial charge in [-0.05, 0) is 54.2 Å². The number of rotatable bonds is 2. The van der Waals surface area contributed by atoms with Gasteiger partial charge in [-0.3, -0.25) is 19.8 Å². The van der Waals surface area contributed by atoms with Crippen LogP contribution < -0.4 is 10.2 Å². The van der Waals surface area contributed by atoms with Gasteiger partial charge in [0.15, 0.2) is 5.11 Å². The van der Waals surface area contributed by atoms with Gasteiger partial charge in [-0.2, -0.15) is 13.2 Å². The Morgan fingerprint density at radius 2 is 1.86 bits per heavy atom. The minimum atomic E-state index is -4.61. The number of nitrogens with zero attached hydrogens (tertiary/aromatic N) is 1. The quantitative estimate of drug-likeness (QED) is 0.434. The fourth-order valence-electron chi connectivity index (χ4n) is 2.49. The van der Waals surface area contributed by atoms with E-state index in [2.05, 4.69) is 5.32 Å². The third kappa shape index (κ3) is 3.85. The van der Waals surface area contributed by atoms with Crippen LogP contribution in [0, 0.1) is 0 Å². The van der Waals surface area contributed by atoms with Gasteiger partial charge in [0.1, 0.15) is 11.3 Å². The highest BCUT2D eigenvalue weighted by Crippen LogP contribution is 2.33. The summed E-state index contributed by atoms with van der Waals surface area (Å²) in [5, 5.41) is 11.4. The van der Waals surface area contributed by atoms with Gasteiger partial charge in [-0.15, -0.1) is 0 Å². The standard InChI is InChI=1S/C18H10ClF3N2O3S/c19-13-7-9(4-5-14(13)25)6-12-15(26)23-17(28)24(16(12)27)11-3-1-2-10(8-11)18(20,21)22/h1-8,25H,(H,23,26,28)/b12-6+. The molecule has 0 unspecified atom stereocenters. The summed E-state index contributed by atoms with van der Waals surface area (Å²) in [6.07, 6.45) is -3.41. The highest BCUT2D eigenvalue weighted by atomic mass is 35.5. The number of halogens is 4. The number of carbonyl (C=O) groups excluding carboxylic acids is 2. The number of thiocarbonyl (C=S) groups is 1. The molecule has 2 aromatic rings. The fraction of sp³-hybridized carbons (Fsp3) is 0.0556. The predicted octanol–water partition coefficient (Wildman–Crippen LogP) is 3.90. The number of phenolic OH excluding ortho intramolecular Hbond substituents is 1. The van der Waals surface area contributed by atoms with Crippen LogP contribution in [0.2, 0.25) is 5.02 Å². The Balaban J connectivity index is 2.03. The molecular weight excluding hydrogens is 417 g/mol. The van der Waals surface area contributed by atoms with Gasteiger partial charge in [0, 0.05) is 0 Å². The normalized spacial score (nSPS) is 16.5. The van der Waals surface area contributed by atoms with E-state index in [4.69, 9.17) is 23.8 Å². The fourth-order valence-corrected chi connectivity index (χ4v) is 2.96. The number of benzene rings is 2. The van der Waals surface area contributed by atoms with E-state index in [-0.39, 0.29) is 27.1 Å². The van der Waals surface area contributed by atoms with Gasteiger partial charge >= 0.3 is 6.18 Å². The summed E-state index contributed by atoms with van der Waals surface area (Å²) in [4.78, 5) is 25.8. The van der Waals surface area contributed by atoms with Crippen LogP contribution in [-0.4, -0.2) is 22.0 Å². The molecule has 0 aromatic heterocycles. The molecule has 2 amide bonds. The number of aromatic hydroxyl groups is 1. The third-order valence-electron chi connectivity index (χ3n) is 3.82. The van der Waals surface area contributed by atoms with Gasteiger partial charge in [0.2, 0.25) is 0 Å². The van der Waals surface area contributed by atoms with Crippen molar-refractivity contribution in [2.24, 2.45) is 0 Å². The molecular formula is C18H10ClF3N2O3S. The summed E-state index contributed by atoms with van der Waals surface area (Å²) in [7, 11) is 0. The van der Waals surface area contributed by atoms with Crippen LogP contribution in [0.25, 0.3) is 6.08 Å². The first-order valence-corrected chi connectivity index (χ1v) is 8.44. The number of hydrogen-bond donors (Lipinski definition) is 2. The number of alkyl halides is 3. The molecule has 2 aromatic carbocycles. The Bertz CT molecular complexity index is 1040. The van der Waals surface area contributed by atoms with E-state index in [1.807, 2.05) is 0 Å². The Hall–Kier alpha value is -2.91. The van der Waals surface area contributed by atoms with Gasteiger partial charge in [0.05, 0.1) is 16.3 Å². The first kappa shape index (κ1) is 19.8. The summed E-state index contributed by atoms with van der Waals surface area (Å²) in [6.45, 7) is 0. The van der Waals surface area contributed by atoms with E-state index in [0.29, 0.717) is 5.56 Å². The molecule has 10 heteroatoms. The van der Waals surface area contributed by atoms with E-state index in [1.54, 1.807) is 0 Å². The van der Waals surface area contributed by atoms with Crippen molar-refractivity contribution in [3.05, 3.63) is 64.2 Å². The molecule has 0 radical (unpaired) electrons. The van der Waals surface area contributed by atoms with E-state index < -0.39 is 23.6 Å². The molecule has 1 heterocycles. The zero-order chi connectivity index (χ0) is 20.6. The number of hydrogen-bond acceptors (Lipinski definition) is 4. The molecule has 1 aliphatic rings. The molecule has 0 atom stereocenters. The number of carbonyl (C=O) groups is 2. The molecule has 1 fully saturated rings. The van der Waals surface area contributed by atoms with Gasteiger partial charge < -0.3 is 5.11 Å². The van der Waals surface area contributed by atoms with Crippen LogP contribution >= 0.6 is 23.8 Å². The van der Waals surface area contributed by atoms with Crippen LogP contribution in [-0.2, 0) is 15.8 Å². The lowest BCUT2D eigenvalue weighted by atomic mass is 10.1. The van der Waals surface area contributed by atoms with Crippen LogP contribution in [0.4, 0.5) is 18.9 Å². The lowest BCUT2D eigenvalue weighted by molar-refractivity contribution is -0.137. The Morgan fingerprint density at radius 3 is 2.50 bits per heavy atom. The number of phenols is 1. The summed E-state index contributed by atoms with van der Waals surface area (Å²) in [6, 6.07) is 8.03. The minimum Gasteiger partial charge on any atom is -0.506 e. The van der Waals surface area contributed by atoms with Crippen molar-refractivity contribution in [3.63, 3.8) is 0 Å². The van der Waals surface area contributed by atoms with Crippen LogP contribution in [0.3, 0.4) is 0 Å². The van der Waals surface area contributed by atoms with Crippen molar-refractivity contribution in [3.8, 4) is 5.75 Å². The maximum Gasteiger partial charge on any atom is 0.416 e. The molecule has 0 spiro atoms. The lowest BCUT2D eigenvalue weighted by Gasteiger charge is -2.29. The largest absolute Gasteiger partial charge is 0.506 e. The summed E-state index contributed by atoms with van der Waals surface area (Å²) in [5.41, 5.74) is -1.13. The molecule has 1 saturated heterocycles. The van der Waals surface area contributed by atoms with Crippen LogP contribution in [0.1, 0.15) is 11.1 Å². The van der Waals surface area contributed by atoms with E-state index in [1.165, 1.54) is 30.3 Å². The van der Waals surface area contributed by atoms with Crippen molar-refractivity contribution < 1.29 is 27.9 Å². The Morgan fingerprint density at radius 1 is 1.14 bits per heavy atom. The van der Waals surface area contributed by atoms with Crippen molar-refractivity contribution >= 4 is 52.5 Å². The van der Waals surface area contributed by atoms with Crippen LogP contribution in [0.5, 0.6) is 5.75 Å². The van der Waals surface area contributed by atoms with Crippen molar-refractivity contribution in [2.75, 3.05) is 4.90 Å². The molecule has 1 aliphatic heterocycles. The van der Waals surface area contributed by atoms with Gasteiger partial charge in [-0.25, -0.2) is 0 Å². The van der Waals surface area contributed by atoms with Crippen molar-refractivity contribution in [1.82, 2.24) is 5.32 Å². The first-order valence-electron chi connectivity index (χ1n) is 7.65. The highest BCUT2D eigenvalue weighted by Gasteiger charge is 2.36. The van der Waals surface area contributed by atoms with Gasteiger partial charge in [-0.1, -0.05) is 23.7 Å². The average molecular weight is 427 g/mol. The third-order valence-corrected chi connectivity index (χ3v) is 4.40. The van der Waals surface area contributed by atoms with E-state index >= 15 is 0 Å². The molecule has 5 nitrogen and oxygen atoms in total. The Labute approximate surface area is 167 Å². The number of amides is 2. The Kier molecular flexibility index (Phi) is 5.14. The lowest BCUT2D eigenvalue weighted by Crippen LogP contribution is -2.54. The monoisotopic (exact) mass is 426 g/mol. The minimum absolute atomic E-state index is 0.00303. The summed E-state index contributed by atoms with van der Waals surface area (Å²) < 4.78 is 38.9. The summed E-state index contributed by atoms with van der Waals surface area (Å²) in [5.74, 6) is -1.88. The van der Waals surface area contributed by atoms with Crippen molar-refractivity contribution in [1.29, 1.82) is 0 Å². The second-order valence-corrected chi connectivity index (χ2v) is 6.51. The number of nitrogens with one attached hydrogen (secondary N) is 1. The maximum absolute atomic E-state index is 13.0. The molecule has 0 aliphatic carbocycles. The SMILES string of the molecule is O=C1NC(=S)N(c2cccc(C(F)(F)F)c2)C(=O)/C1=C/c1ccc(O)c(Cl)c1. The highest BCUT2D eigenvalue weighted by molar-refractivity contribution is 7.80. The smallest absolute Gasteiger partial charge is 0.416 e. The molecule has 0 bridgehead atoms.